The summed E-state index contributed by atoms with van der Waals surface area (Å²) in [5.41, 5.74) is 0.533. The van der Waals surface area contributed by atoms with Crippen molar-refractivity contribution in [3.8, 4) is 0 Å². The van der Waals surface area contributed by atoms with E-state index in [-0.39, 0.29) is 0 Å². The molecule has 1 aliphatic heterocycles. The van der Waals surface area contributed by atoms with E-state index in [1.54, 1.807) is 0 Å². The summed E-state index contributed by atoms with van der Waals surface area (Å²) in [6.07, 6.45) is 4.16. The Morgan fingerprint density at radius 2 is 1.89 bits per heavy atom. The van der Waals surface area contributed by atoms with Gasteiger partial charge in [-0.25, -0.2) is 0 Å². The number of hydrogen-bond donors (Lipinski definition) is 1. The standard InChI is InChI=1S/C16H33N3/c1-14-11-15(13-16(2,3)12-14)18(4)9-10-19-7-5-17-6-8-19/h14-15,17H,5-13H2,1-4H3. The first kappa shape index (κ1) is 15.3. The summed E-state index contributed by atoms with van der Waals surface area (Å²) in [6, 6.07) is 0.793. The van der Waals surface area contributed by atoms with Crippen LogP contribution in [-0.2, 0) is 0 Å². The zero-order valence-electron chi connectivity index (χ0n) is 13.4. The largest absolute Gasteiger partial charge is 0.314 e. The number of nitrogens with zero attached hydrogens (tertiary/aromatic N) is 2. The number of hydrogen-bond acceptors (Lipinski definition) is 3. The summed E-state index contributed by atoms with van der Waals surface area (Å²) in [6.45, 7) is 14.6. The van der Waals surface area contributed by atoms with E-state index in [4.69, 9.17) is 0 Å². The molecule has 0 aromatic rings. The highest BCUT2D eigenvalue weighted by molar-refractivity contribution is 4.87. The first-order valence-electron chi connectivity index (χ1n) is 8.09. The van der Waals surface area contributed by atoms with Gasteiger partial charge in [-0.2, -0.15) is 0 Å². The Morgan fingerprint density at radius 1 is 1.21 bits per heavy atom. The molecule has 1 saturated heterocycles. The van der Waals surface area contributed by atoms with Gasteiger partial charge in [0.05, 0.1) is 0 Å². The van der Waals surface area contributed by atoms with Crippen molar-refractivity contribution in [3.05, 3.63) is 0 Å². The summed E-state index contributed by atoms with van der Waals surface area (Å²) in [5, 5.41) is 3.43. The second-order valence-corrected chi connectivity index (χ2v) is 7.64. The van der Waals surface area contributed by atoms with E-state index in [0.717, 1.165) is 25.0 Å². The van der Waals surface area contributed by atoms with Crippen LogP contribution in [0, 0.1) is 11.3 Å². The van der Waals surface area contributed by atoms with Crippen molar-refractivity contribution in [2.75, 3.05) is 46.3 Å². The number of nitrogens with one attached hydrogen (secondary N) is 1. The van der Waals surface area contributed by atoms with E-state index in [2.05, 4.69) is 42.9 Å². The van der Waals surface area contributed by atoms with Gasteiger partial charge >= 0.3 is 0 Å². The minimum atomic E-state index is 0.533. The number of piperazine rings is 1. The molecule has 0 amide bonds. The average molecular weight is 267 g/mol. The Hall–Kier alpha value is -0.120. The van der Waals surface area contributed by atoms with Gasteiger partial charge in [0.25, 0.3) is 0 Å². The van der Waals surface area contributed by atoms with E-state index < -0.39 is 0 Å². The molecule has 112 valence electrons. The van der Waals surface area contributed by atoms with Crippen LogP contribution in [0.15, 0.2) is 0 Å². The molecular formula is C16H33N3. The molecule has 1 saturated carbocycles. The molecule has 0 bridgehead atoms. The summed E-state index contributed by atoms with van der Waals surface area (Å²) >= 11 is 0. The second kappa shape index (κ2) is 6.55. The summed E-state index contributed by atoms with van der Waals surface area (Å²) in [4.78, 5) is 5.23. The maximum atomic E-state index is 3.43. The van der Waals surface area contributed by atoms with Gasteiger partial charge in [0.1, 0.15) is 0 Å². The maximum Gasteiger partial charge on any atom is 0.0110 e. The average Bonchev–Trinajstić information content (AvgIpc) is 2.34. The highest BCUT2D eigenvalue weighted by Gasteiger charge is 2.33. The van der Waals surface area contributed by atoms with Crippen LogP contribution in [0.2, 0.25) is 0 Å². The lowest BCUT2D eigenvalue weighted by atomic mass is 9.70. The van der Waals surface area contributed by atoms with Crippen LogP contribution in [0.5, 0.6) is 0 Å². The molecule has 3 heteroatoms. The molecule has 1 heterocycles. The molecule has 2 fully saturated rings. The number of likely N-dealkylation sites (N-methyl/N-ethyl adjacent to an activating group) is 1. The van der Waals surface area contributed by atoms with Crippen LogP contribution in [-0.4, -0.2) is 62.2 Å². The highest BCUT2D eigenvalue weighted by Crippen LogP contribution is 2.39. The maximum absolute atomic E-state index is 3.43. The predicted octanol–water partition coefficient (Wildman–Crippen LogP) is 2.04. The third-order valence-electron chi connectivity index (χ3n) is 4.97. The van der Waals surface area contributed by atoms with E-state index in [1.165, 1.54) is 45.4 Å². The van der Waals surface area contributed by atoms with E-state index in [9.17, 15) is 0 Å². The van der Waals surface area contributed by atoms with Gasteiger partial charge in [-0.1, -0.05) is 20.8 Å². The van der Waals surface area contributed by atoms with E-state index in [1.807, 2.05) is 0 Å². The van der Waals surface area contributed by atoms with Crippen molar-refractivity contribution in [2.45, 2.75) is 46.1 Å². The Bertz CT molecular complexity index is 271. The molecule has 0 aromatic carbocycles. The molecular weight excluding hydrogens is 234 g/mol. The van der Waals surface area contributed by atoms with E-state index >= 15 is 0 Å². The minimum absolute atomic E-state index is 0.533. The molecule has 1 aliphatic carbocycles. The fourth-order valence-corrected chi connectivity index (χ4v) is 4.05. The second-order valence-electron chi connectivity index (χ2n) is 7.64. The van der Waals surface area contributed by atoms with Crippen LogP contribution >= 0.6 is 0 Å². The SMILES string of the molecule is CC1CC(N(C)CCN2CCNCC2)CC(C)(C)C1. The van der Waals surface area contributed by atoms with Crippen molar-refractivity contribution in [2.24, 2.45) is 11.3 Å². The molecule has 2 unspecified atom stereocenters. The Morgan fingerprint density at radius 3 is 2.53 bits per heavy atom. The molecule has 0 spiro atoms. The summed E-state index contributed by atoms with van der Waals surface area (Å²) in [7, 11) is 2.33. The monoisotopic (exact) mass is 267 g/mol. The highest BCUT2D eigenvalue weighted by atomic mass is 15.2. The fraction of sp³-hybridized carbons (Fsp3) is 1.00. The van der Waals surface area contributed by atoms with Crippen LogP contribution in [0.1, 0.15) is 40.0 Å². The van der Waals surface area contributed by atoms with Gasteiger partial charge in [0, 0.05) is 45.3 Å². The van der Waals surface area contributed by atoms with Gasteiger partial charge in [0.2, 0.25) is 0 Å². The molecule has 2 atom stereocenters. The van der Waals surface area contributed by atoms with Crippen LogP contribution < -0.4 is 5.32 Å². The van der Waals surface area contributed by atoms with Gasteiger partial charge in [-0.15, -0.1) is 0 Å². The zero-order chi connectivity index (χ0) is 13.9. The minimum Gasteiger partial charge on any atom is -0.314 e. The van der Waals surface area contributed by atoms with Crippen molar-refractivity contribution in [1.29, 1.82) is 0 Å². The smallest absolute Gasteiger partial charge is 0.0110 e. The first-order chi connectivity index (χ1) is 8.96. The zero-order valence-corrected chi connectivity index (χ0v) is 13.4. The van der Waals surface area contributed by atoms with Crippen LogP contribution in [0.25, 0.3) is 0 Å². The Kier molecular flexibility index (Phi) is 5.27. The Balaban J connectivity index is 1.76. The normalized spacial score (nSPS) is 32.7. The number of rotatable bonds is 4. The van der Waals surface area contributed by atoms with Crippen molar-refractivity contribution < 1.29 is 0 Å². The lowest BCUT2D eigenvalue weighted by Crippen LogP contribution is -2.48. The van der Waals surface area contributed by atoms with Gasteiger partial charge in [-0.3, -0.25) is 4.90 Å². The van der Waals surface area contributed by atoms with Gasteiger partial charge < -0.3 is 10.2 Å². The van der Waals surface area contributed by atoms with Gasteiger partial charge in [-0.05, 0) is 37.6 Å². The van der Waals surface area contributed by atoms with Crippen molar-refractivity contribution in [1.82, 2.24) is 15.1 Å². The van der Waals surface area contributed by atoms with Gasteiger partial charge in [0.15, 0.2) is 0 Å². The van der Waals surface area contributed by atoms with E-state index in [0.29, 0.717) is 5.41 Å². The topological polar surface area (TPSA) is 18.5 Å². The molecule has 0 radical (unpaired) electrons. The first-order valence-corrected chi connectivity index (χ1v) is 8.09. The lowest BCUT2D eigenvalue weighted by molar-refractivity contribution is 0.0746. The third-order valence-corrected chi connectivity index (χ3v) is 4.97. The molecule has 2 aliphatic rings. The predicted molar refractivity (Wildman–Crippen MR) is 82.5 cm³/mol. The van der Waals surface area contributed by atoms with Crippen molar-refractivity contribution in [3.63, 3.8) is 0 Å². The molecule has 19 heavy (non-hydrogen) atoms. The fourth-order valence-electron chi connectivity index (χ4n) is 4.05. The van der Waals surface area contributed by atoms with Crippen molar-refractivity contribution >= 4 is 0 Å². The van der Waals surface area contributed by atoms with Crippen LogP contribution in [0.3, 0.4) is 0 Å². The molecule has 0 aromatic heterocycles. The molecule has 2 rings (SSSR count). The quantitative estimate of drug-likeness (QED) is 0.841. The summed E-state index contributed by atoms with van der Waals surface area (Å²) < 4.78 is 0. The molecule has 1 N–H and O–H groups in total. The van der Waals surface area contributed by atoms with Crippen LogP contribution in [0.4, 0.5) is 0 Å². The Labute approximate surface area is 119 Å². The molecule has 3 nitrogen and oxygen atoms in total. The third kappa shape index (κ3) is 4.73. The summed E-state index contributed by atoms with van der Waals surface area (Å²) in [5.74, 6) is 0.885. The lowest BCUT2D eigenvalue weighted by Gasteiger charge is -2.43.